The molecule has 3 unspecified atom stereocenters. The molecule has 2 saturated carbocycles. The van der Waals surface area contributed by atoms with E-state index in [1.54, 1.807) is 0 Å². The molecule has 0 N–H and O–H groups in total. The molecular weight excluding hydrogens is 428 g/mol. The number of ether oxygens (including phenoxy) is 2. The Morgan fingerprint density at radius 1 is 1.12 bits per heavy atom. The molecule has 3 fully saturated rings. The zero-order chi connectivity index (χ0) is 24.4. The van der Waals surface area contributed by atoms with Crippen LogP contribution in [-0.4, -0.2) is 39.2 Å². The summed E-state index contributed by atoms with van der Waals surface area (Å²) in [4.78, 5) is 13.8. The maximum atomic E-state index is 13.8. The van der Waals surface area contributed by atoms with E-state index in [0.29, 0.717) is 30.8 Å². The van der Waals surface area contributed by atoms with Crippen molar-refractivity contribution in [3.05, 3.63) is 11.6 Å². The van der Waals surface area contributed by atoms with Crippen LogP contribution in [0.25, 0.3) is 0 Å². The minimum atomic E-state index is -1.85. The Kier molecular flexibility index (Phi) is 6.42. The molecule has 1 spiro atoms. The predicted molar refractivity (Wildman–Crippen MR) is 136 cm³/mol. The average Bonchev–Trinajstić information content (AvgIpc) is 3.30. The van der Waals surface area contributed by atoms with E-state index >= 15 is 0 Å². The van der Waals surface area contributed by atoms with E-state index in [-0.39, 0.29) is 27.9 Å². The first-order valence-corrected chi connectivity index (χ1v) is 16.3. The Morgan fingerprint density at radius 2 is 1.73 bits per heavy atom. The molecule has 0 aromatic rings. The van der Waals surface area contributed by atoms with Gasteiger partial charge in [0.15, 0.2) is 19.9 Å². The molecule has 0 bridgehead atoms. The molecule has 5 heteroatoms. The van der Waals surface area contributed by atoms with Crippen molar-refractivity contribution in [2.75, 3.05) is 13.2 Å². The topological polar surface area (TPSA) is 44.8 Å². The highest BCUT2D eigenvalue weighted by Crippen LogP contribution is 2.67. The number of hydrogen-bond donors (Lipinski definition) is 0. The van der Waals surface area contributed by atoms with Gasteiger partial charge in [0, 0.05) is 23.9 Å². The second kappa shape index (κ2) is 8.28. The van der Waals surface area contributed by atoms with Crippen LogP contribution in [0, 0.1) is 28.6 Å². The normalized spacial score (nSPS) is 39.4. The van der Waals surface area contributed by atoms with Gasteiger partial charge >= 0.3 is 0 Å². The van der Waals surface area contributed by atoms with E-state index in [2.05, 4.69) is 61.6 Å². The molecule has 1 aliphatic heterocycles. The number of carbonyl (C=O) groups excluding carboxylic acids is 1. The third kappa shape index (κ3) is 3.84. The monoisotopic (exact) mass is 476 g/mol. The lowest BCUT2D eigenvalue weighted by Crippen LogP contribution is -2.56. The van der Waals surface area contributed by atoms with Crippen LogP contribution in [0.3, 0.4) is 0 Å². The molecule has 0 amide bonds. The molecule has 4 nitrogen and oxygen atoms in total. The highest BCUT2D eigenvalue weighted by Gasteiger charge is 2.67. The van der Waals surface area contributed by atoms with Crippen molar-refractivity contribution in [1.29, 1.82) is 0 Å². The summed E-state index contributed by atoms with van der Waals surface area (Å²) < 4.78 is 19.2. The zero-order valence-corrected chi connectivity index (χ0v) is 23.7. The fourth-order valence-electron chi connectivity index (χ4n) is 7.62. The van der Waals surface area contributed by atoms with Gasteiger partial charge in [-0.3, -0.25) is 4.79 Å². The lowest BCUT2D eigenvalue weighted by molar-refractivity contribution is -0.240. The average molecular weight is 477 g/mol. The van der Waals surface area contributed by atoms with Gasteiger partial charge < -0.3 is 13.9 Å². The van der Waals surface area contributed by atoms with E-state index in [4.69, 9.17) is 13.9 Å². The van der Waals surface area contributed by atoms with Crippen LogP contribution in [0.1, 0.15) is 87.0 Å². The summed E-state index contributed by atoms with van der Waals surface area (Å²) in [5, 5.41) is 0.188. The standard InChI is InChI=1S/C28H48O4Si/c1-10-26(6)20(17-19(2)32-33(8,9)25(3,4)5)18-23(29)24-21(26)11-13-27(7)22(24)12-14-28(27)30-15-16-31-28/h18-19,21-22,24H,10-17H2,1-9H3/t19-,21?,22?,24?,26-,27-/m0/s1. The largest absolute Gasteiger partial charge is 0.414 e. The summed E-state index contributed by atoms with van der Waals surface area (Å²) in [6.45, 7) is 22.2. The fraction of sp³-hybridized carbons (Fsp3) is 0.893. The van der Waals surface area contributed by atoms with E-state index in [9.17, 15) is 4.79 Å². The molecule has 4 rings (SSSR count). The van der Waals surface area contributed by atoms with Crippen molar-refractivity contribution in [2.24, 2.45) is 28.6 Å². The first kappa shape index (κ1) is 25.6. The van der Waals surface area contributed by atoms with Gasteiger partial charge in [0.05, 0.1) is 13.2 Å². The molecule has 33 heavy (non-hydrogen) atoms. The van der Waals surface area contributed by atoms with Gasteiger partial charge in [-0.25, -0.2) is 0 Å². The molecule has 1 saturated heterocycles. The molecule has 0 aromatic carbocycles. The molecule has 0 radical (unpaired) electrons. The predicted octanol–water partition coefficient (Wildman–Crippen LogP) is 6.90. The van der Waals surface area contributed by atoms with Crippen LogP contribution in [0.4, 0.5) is 0 Å². The van der Waals surface area contributed by atoms with Crippen LogP contribution in [0.2, 0.25) is 18.1 Å². The zero-order valence-electron chi connectivity index (χ0n) is 22.7. The summed E-state index contributed by atoms with van der Waals surface area (Å²) in [7, 11) is -1.85. The lowest BCUT2D eigenvalue weighted by atomic mass is 9.48. The maximum absolute atomic E-state index is 13.8. The van der Waals surface area contributed by atoms with Crippen LogP contribution in [0.15, 0.2) is 11.6 Å². The third-order valence-electron chi connectivity index (χ3n) is 10.8. The van der Waals surface area contributed by atoms with Gasteiger partial charge in [0.25, 0.3) is 0 Å². The first-order valence-electron chi connectivity index (χ1n) is 13.4. The Hall–Kier alpha value is -0.493. The number of fused-ring (bicyclic) bond motifs is 4. The highest BCUT2D eigenvalue weighted by molar-refractivity contribution is 6.74. The number of hydrogen-bond acceptors (Lipinski definition) is 4. The summed E-state index contributed by atoms with van der Waals surface area (Å²) in [6, 6.07) is 0. The van der Waals surface area contributed by atoms with E-state index in [1.807, 2.05) is 6.08 Å². The molecule has 6 atom stereocenters. The van der Waals surface area contributed by atoms with Crippen molar-refractivity contribution in [2.45, 2.75) is 117 Å². The highest BCUT2D eigenvalue weighted by atomic mass is 28.4. The Labute approximate surface area is 203 Å². The van der Waals surface area contributed by atoms with Gasteiger partial charge in [-0.2, -0.15) is 0 Å². The Bertz CT molecular complexity index is 805. The maximum Gasteiger partial charge on any atom is 0.192 e. The lowest BCUT2D eigenvalue weighted by Gasteiger charge is -2.56. The van der Waals surface area contributed by atoms with E-state index in [1.165, 1.54) is 5.57 Å². The minimum Gasteiger partial charge on any atom is -0.414 e. The summed E-state index contributed by atoms with van der Waals surface area (Å²) >= 11 is 0. The van der Waals surface area contributed by atoms with Gasteiger partial charge in [-0.1, -0.05) is 47.1 Å². The third-order valence-corrected chi connectivity index (χ3v) is 15.4. The first-order chi connectivity index (χ1) is 15.2. The molecule has 3 aliphatic carbocycles. The fourth-order valence-corrected chi connectivity index (χ4v) is 9.07. The van der Waals surface area contributed by atoms with E-state index < -0.39 is 14.1 Å². The van der Waals surface area contributed by atoms with Crippen LogP contribution in [-0.2, 0) is 18.7 Å². The van der Waals surface area contributed by atoms with Crippen LogP contribution >= 0.6 is 0 Å². The molecule has 1 heterocycles. The Balaban J connectivity index is 1.60. The second-order valence-corrected chi connectivity index (χ2v) is 18.2. The molecule has 4 aliphatic rings. The van der Waals surface area contributed by atoms with Gasteiger partial charge in [-0.05, 0) is 80.5 Å². The number of ketones is 1. The van der Waals surface area contributed by atoms with Gasteiger partial charge in [0.2, 0.25) is 0 Å². The van der Waals surface area contributed by atoms with Crippen molar-refractivity contribution in [3.63, 3.8) is 0 Å². The smallest absolute Gasteiger partial charge is 0.192 e. The van der Waals surface area contributed by atoms with E-state index in [0.717, 1.165) is 38.5 Å². The summed E-state index contributed by atoms with van der Waals surface area (Å²) in [5.74, 6) is 0.755. The van der Waals surface area contributed by atoms with Crippen molar-refractivity contribution in [3.8, 4) is 0 Å². The number of rotatable bonds is 5. The number of allylic oxidation sites excluding steroid dienone is 1. The van der Waals surface area contributed by atoms with Crippen LogP contribution in [0.5, 0.6) is 0 Å². The summed E-state index contributed by atoms with van der Waals surface area (Å²) in [6.07, 6.45) is 8.26. The van der Waals surface area contributed by atoms with Crippen molar-refractivity contribution < 1.29 is 18.7 Å². The van der Waals surface area contributed by atoms with Crippen molar-refractivity contribution in [1.82, 2.24) is 0 Å². The van der Waals surface area contributed by atoms with Crippen LogP contribution < -0.4 is 0 Å². The SMILES string of the molecule is CC[C@@]1(C)C(C[C@H](C)O[Si](C)(C)C(C)(C)C)=CC(=O)C2C1CC[C@@]1(C)C2CCC12OCCO2. The summed E-state index contributed by atoms with van der Waals surface area (Å²) in [5.41, 5.74) is 1.32. The van der Waals surface area contributed by atoms with Gasteiger partial charge in [-0.15, -0.1) is 0 Å². The number of carbonyl (C=O) groups is 1. The van der Waals surface area contributed by atoms with Gasteiger partial charge in [0.1, 0.15) is 0 Å². The second-order valence-electron chi connectivity index (χ2n) is 13.4. The molecule has 0 aromatic heterocycles. The minimum absolute atomic E-state index is 0.0537. The Morgan fingerprint density at radius 3 is 2.30 bits per heavy atom. The molecule has 188 valence electrons. The van der Waals surface area contributed by atoms with Crippen molar-refractivity contribution >= 4 is 14.1 Å². The quantitative estimate of drug-likeness (QED) is 0.405. The molecular formula is C28H48O4Si.